The predicted octanol–water partition coefficient (Wildman–Crippen LogP) is 3.32. The number of carbonyl (C=O) groups is 1. The van der Waals surface area contributed by atoms with Crippen LogP contribution in [0.3, 0.4) is 0 Å². The highest BCUT2D eigenvalue weighted by Gasteiger charge is 2.31. The zero-order valence-corrected chi connectivity index (χ0v) is 14.1. The molecular weight excluding hydrogens is 359 g/mol. The van der Waals surface area contributed by atoms with Gasteiger partial charge in [-0.2, -0.15) is 13.2 Å². The first-order valence-electron chi connectivity index (χ1n) is 6.92. The van der Waals surface area contributed by atoms with E-state index < -0.39 is 27.7 Å². The van der Waals surface area contributed by atoms with Gasteiger partial charge in [0.25, 0.3) is 10.0 Å². The Morgan fingerprint density at radius 1 is 1.04 bits per heavy atom. The number of hydrogen-bond donors (Lipinski definition) is 0. The molecule has 0 atom stereocenters. The minimum atomic E-state index is -4.56. The molecule has 0 spiro atoms. The Kier molecular flexibility index (Phi) is 5.07. The van der Waals surface area contributed by atoms with Crippen LogP contribution in [0.4, 0.5) is 18.9 Å². The van der Waals surface area contributed by atoms with Crippen molar-refractivity contribution in [2.45, 2.75) is 11.1 Å². The van der Waals surface area contributed by atoms with Crippen LogP contribution in [0.1, 0.15) is 15.9 Å². The van der Waals surface area contributed by atoms with Crippen LogP contribution in [0.2, 0.25) is 0 Å². The number of ether oxygens (including phenoxy) is 1. The summed E-state index contributed by atoms with van der Waals surface area (Å²) in [5.41, 5.74) is -0.888. The summed E-state index contributed by atoms with van der Waals surface area (Å²) in [6.07, 6.45) is -4.56. The number of esters is 1. The lowest BCUT2D eigenvalue weighted by Gasteiger charge is -2.21. The topological polar surface area (TPSA) is 63.7 Å². The van der Waals surface area contributed by atoms with Gasteiger partial charge in [0.05, 0.1) is 28.8 Å². The molecule has 134 valence electrons. The van der Waals surface area contributed by atoms with Crippen molar-refractivity contribution in [2.24, 2.45) is 0 Å². The fourth-order valence-electron chi connectivity index (χ4n) is 2.13. The van der Waals surface area contributed by atoms with Crippen LogP contribution in [0, 0.1) is 0 Å². The first kappa shape index (κ1) is 18.8. The molecule has 0 saturated heterocycles. The normalized spacial score (nSPS) is 11.9. The molecule has 0 radical (unpaired) electrons. The number of sulfonamides is 1. The highest BCUT2D eigenvalue weighted by atomic mass is 32.2. The van der Waals surface area contributed by atoms with Gasteiger partial charge in [0.2, 0.25) is 0 Å². The van der Waals surface area contributed by atoms with Crippen molar-refractivity contribution in [2.75, 3.05) is 18.5 Å². The van der Waals surface area contributed by atoms with E-state index in [1.54, 1.807) is 0 Å². The minimum Gasteiger partial charge on any atom is -0.465 e. The van der Waals surface area contributed by atoms with Gasteiger partial charge in [-0.1, -0.05) is 12.1 Å². The molecule has 0 fully saturated rings. The zero-order valence-electron chi connectivity index (χ0n) is 13.2. The summed E-state index contributed by atoms with van der Waals surface area (Å²) in [4.78, 5) is 11.5. The average molecular weight is 373 g/mol. The third-order valence-electron chi connectivity index (χ3n) is 3.49. The standard InChI is InChI=1S/C16H14F3NO4S/c1-20(14-6-4-3-5-13(14)15(21)24-2)25(22,23)12-9-7-11(8-10-12)16(17,18)19/h3-10H,1-2H3. The van der Waals surface area contributed by atoms with Gasteiger partial charge >= 0.3 is 12.1 Å². The van der Waals surface area contributed by atoms with Crippen molar-refractivity contribution in [1.82, 2.24) is 0 Å². The Hall–Kier alpha value is -2.55. The quantitative estimate of drug-likeness (QED) is 0.772. The van der Waals surface area contributed by atoms with E-state index in [1.807, 2.05) is 0 Å². The Morgan fingerprint density at radius 3 is 2.12 bits per heavy atom. The summed E-state index contributed by atoms with van der Waals surface area (Å²) in [6, 6.07) is 8.97. The van der Waals surface area contributed by atoms with E-state index in [4.69, 9.17) is 0 Å². The maximum absolute atomic E-state index is 12.6. The van der Waals surface area contributed by atoms with Gasteiger partial charge in [0.1, 0.15) is 0 Å². The van der Waals surface area contributed by atoms with E-state index in [2.05, 4.69) is 4.74 Å². The number of carbonyl (C=O) groups excluding carboxylic acids is 1. The van der Waals surface area contributed by atoms with Gasteiger partial charge in [0, 0.05) is 7.05 Å². The van der Waals surface area contributed by atoms with Crippen molar-refractivity contribution in [3.05, 3.63) is 59.7 Å². The summed E-state index contributed by atoms with van der Waals surface area (Å²) < 4.78 is 68.6. The minimum absolute atomic E-state index is 0.0167. The number of hydrogen-bond acceptors (Lipinski definition) is 4. The van der Waals surface area contributed by atoms with Gasteiger partial charge in [-0.25, -0.2) is 13.2 Å². The fraction of sp³-hybridized carbons (Fsp3) is 0.188. The smallest absolute Gasteiger partial charge is 0.416 e. The molecule has 0 aliphatic heterocycles. The second kappa shape index (κ2) is 6.75. The van der Waals surface area contributed by atoms with Crippen LogP contribution in [0.25, 0.3) is 0 Å². The van der Waals surface area contributed by atoms with Gasteiger partial charge in [-0.15, -0.1) is 0 Å². The lowest BCUT2D eigenvalue weighted by atomic mass is 10.2. The Balaban J connectivity index is 2.45. The van der Waals surface area contributed by atoms with Crippen molar-refractivity contribution in [3.63, 3.8) is 0 Å². The van der Waals surface area contributed by atoms with Crippen LogP contribution in [-0.2, 0) is 20.9 Å². The maximum Gasteiger partial charge on any atom is 0.416 e. The molecule has 0 amide bonds. The number of anilines is 1. The van der Waals surface area contributed by atoms with E-state index in [0.717, 1.165) is 23.5 Å². The van der Waals surface area contributed by atoms with Gasteiger partial charge in [-0.3, -0.25) is 4.31 Å². The Labute approximate surface area is 142 Å². The molecule has 9 heteroatoms. The highest BCUT2D eigenvalue weighted by Crippen LogP contribution is 2.31. The molecule has 0 heterocycles. The zero-order chi connectivity index (χ0) is 18.8. The maximum atomic E-state index is 12.6. The van der Waals surface area contributed by atoms with E-state index in [9.17, 15) is 26.4 Å². The van der Waals surface area contributed by atoms with Crippen molar-refractivity contribution < 1.29 is 31.1 Å². The number of benzene rings is 2. The molecule has 2 aromatic carbocycles. The van der Waals surface area contributed by atoms with Gasteiger partial charge in [-0.05, 0) is 36.4 Å². The number of nitrogens with zero attached hydrogens (tertiary/aromatic N) is 1. The molecule has 25 heavy (non-hydrogen) atoms. The molecule has 2 aromatic rings. The van der Waals surface area contributed by atoms with Crippen LogP contribution in [0.15, 0.2) is 53.4 Å². The SMILES string of the molecule is COC(=O)c1ccccc1N(C)S(=O)(=O)c1ccc(C(F)(F)F)cc1. The van der Waals surface area contributed by atoms with Gasteiger partial charge < -0.3 is 4.74 Å². The number of alkyl halides is 3. The third-order valence-corrected chi connectivity index (χ3v) is 5.27. The van der Waals surface area contributed by atoms with Crippen molar-refractivity contribution in [1.29, 1.82) is 0 Å². The molecule has 0 aliphatic rings. The number of halogens is 3. The summed E-state index contributed by atoms with van der Waals surface area (Å²) in [5.74, 6) is -0.731. The van der Waals surface area contributed by atoms with Crippen molar-refractivity contribution >= 4 is 21.7 Å². The molecule has 0 N–H and O–H groups in total. The number of methoxy groups -OCH3 is 1. The first-order valence-corrected chi connectivity index (χ1v) is 8.36. The second-order valence-corrected chi connectivity index (χ2v) is 6.97. The summed E-state index contributed by atoms with van der Waals surface area (Å²) >= 11 is 0. The number of para-hydroxylation sites is 1. The first-order chi connectivity index (χ1) is 11.6. The Morgan fingerprint density at radius 2 is 1.60 bits per heavy atom. The van der Waals surface area contributed by atoms with Crippen LogP contribution < -0.4 is 4.31 Å². The molecular formula is C16H14F3NO4S. The number of rotatable bonds is 4. The molecule has 0 bridgehead atoms. The van der Waals surface area contributed by atoms with Gasteiger partial charge in [0.15, 0.2) is 0 Å². The van der Waals surface area contributed by atoms with E-state index in [1.165, 1.54) is 31.3 Å². The molecule has 0 saturated carbocycles. The lowest BCUT2D eigenvalue weighted by molar-refractivity contribution is -0.137. The summed E-state index contributed by atoms with van der Waals surface area (Å²) in [6.45, 7) is 0. The highest BCUT2D eigenvalue weighted by molar-refractivity contribution is 7.92. The average Bonchev–Trinajstić information content (AvgIpc) is 2.59. The molecule has 2 rings (SSSR count). The van der Waals surface area contributed by atoms with Crippen LogP contribution >= 0.6 is 0 Å². The van der Waals surface area contributed by atoms with E-state index in [0.29, 0.717) is 12.1 Å². The molecule has 5 nitrogen and oxygen atoms in total. The largest absolute Gasteiger partial charge is 0.465 e. The van der Waals surface area contributed by atoms with E-state index >= 15 is 0 Å². The molecule has 0 unspecified atom stereocenters. The monoisotopic (exact) mass is 373 g/mol. The lowest BCUT2D eigenvalue weighted by Crippen LogP contribution is -2.28. The van der Waals surface area contributed by atoms with Crippen molar-refractivity contribution in [3.8, 4) is 0 Å². The fourth-order valence-corrected chi connectivity index (χ4v) is 3.35. The summed E-state index contributed by atoms with van der Waals surface area (Å²) in [7, 11) is -1.80. The third kappa shape index (κ3) is 3.76. The van der Waals surface area contributed by atoms with Crippen LogP contribution in [-0.4, -0.2) is 28.5 Å². The Bertz CT molecular complexity index is 877. The summed E-state index contributed by atoms with van der Waals surface area (Å²) in [5, 5.41) is 0. The molecule has 0 aliphatic carbocycles. The van der Waals surface area contributed by atoms with E-state index in [-0.39, 0.29) is 16.1 Å². The predicted molar refractivity (Wildman–Crippen MR) is 84.8 cm³/mol. The van der Waals surface area contributed by atoms with Crippen LogP contribution in [0.5, 0.6) is 0 Å². The molecule has 0 aromatic heterocycles. The second-order valence-electron chi connectivity index (χ2n) is 5.00.